The molecule has 2 rings (SSSR count). The first-order chi connectivity index (χ1) is 11.7. The number of aromatic nitrogens is 2. The molecule has 1 aromatic carbocycles. The normalized spacial score (nSPS) is 13.0. The minimum absolute atomic E-state index is 0.00312. The lowest BCUT2D eigenvalue weighted by Crippen LogP contribution is -2.30. The number of hydrogen-bond acceptors (Lipinski definition) is 5. The van der Waals surface area contributed by atoms with Crippen molar-refractivity contribution in [2.45, 2.75) is 26.1 Å². The Bertz CT molecular complexity index is 725. The molecule has 0 saturated carbocycles. The molecule has 0 spiro atoms. The summed E-state index contributed by atoms with van der Waals surface area (Å²) in [6, 6.07) is 7.36. The Kier molecular flexibility index (Phi) is 6.23. The van der Waals surface area contributed by atoms with Crippen LogP contribution in [0, 0.1) is 5.92 Å². The van der Waals surface area contributed by atoms with Gasteiger partial charge in [-0.05, 0) is 24.1 Å². The van der Waals surface area contributed by atoms with Crippen LogP contribution in [-0.4, -0.2) is 27.7 Å². The van der Waals surface area contributed by atoms with E-state index in [9.17, 15) is 18.3 Å². The fraction of sp³-hybridized carbons (Fsp3) is 0.375. The monoisotopic (exact) mass is 418 g/mol. The summed E-state index contributed by atoms with van der Waals surface area (Å²) in [6.07, 6.45) is -4.61. The van der Waals surface area contributed by atoms with Crippen LogP contribution in [0.5, 0.6) is 0 Å². The van der Waals surface area contributed by atoms with Gasteiger partial charge < -0.3 is 15.7 Å². The number of aliphatic hydroxyl groups is 1. The molecule has 1 aromatic heterocycles. The standard InChI is InChI=1S/C16H18BrF3N4O/c1-9(2)12(8-25)22-15-23-13(16(18,19)20)7-14(24-15)21-11-5-3-4-10(17)6-11/h3-7,9,12,25H,8H2,1-2H3,(H2,21,22,23,24)/t12-/m1/s1. The maximum absolute atomic E-state index is 13.1. The maximum atomic E-state index is 13.1. The second-order valence-corrected chi connectivity index (χ2v) is 6.69. The van der Waals surface area contributed by atoms with Crippen molar-refractivity contribution in [1.29, 1.82) is 0 Å². The maximum Gasteiger partial charge on any atom is 0.433 e. The first-order valence-electron chi connectivity index (χ1n) is 7.55. The third-order valence-corrected chi connectivity index (χ3v) is 3.92. The van der Waals surface area contributed by atoms with Crippen LogP contribution in [-0.2, 0) is 6.18 Å². The number of anilines is 3. The second kappa shape index (κ2) is 8.01. The lowest BCUT2D eigenvalue weighted by atomic mass is 10.1. The SMILES string of the molecule is CC(C)[C@@H](CO)Nc1nc(Nc2cccc(Br)c2)cc(C(F)(F)F)n1. The second-order valence-electron chi connectivity index (χ2n) is 5.77. The topological polar surface area (TPSA) is 70.1 Å². The van der Waals surface area contributed by atoms with Crippen LogP contribution in [0.1, 0.15) is 19.5 Å². The zero-order chi connectivity index (χ0) is 18.6. The summed E-state index contributed by atoms with van der Waals surface area (Å²) in [7, 11) is 0. The van der Waals surface area contributed by atoms with Crippen molar-refractivity contribution in [3.8, 4) is 0 Å². The minimum Gasteiger partial charge on any atom is -0.394 e. The zero-order valence-electron chi connectivity index (χ0n) is 13.6. The highest BCUT2D eigenvalue weighted by Crippen LogP contribution is 2.31. The summed E-state index contributed by atoms with van der Waals surface area (Å²) in [4.78, 5) is 7.61. The van der Waals surface area contributed by atoms with Gasteiger partial charge in [-0.3, -0.25) is 0 Å². The molecule has 0 aliphatic heterocycles. The minimum atomic E-state index is -4.61. The highest BCUT2D eigenvalue weighted by Gasteiger charge is 2.34. The number of alkyl halides is 3. The third-order valence-electron chi connectivity index (χ3n) is 3.43. The van der Waals surface area contributed by atoms with E-state index in [-0.39, 0.29) is 24.3 Å². The molecule has 3 N–H and O–H groups in total. The first-order valence-corrected chi connectivity index (χ1v) is 8.34. The van der Waals surface area contributed by atoms with Gasteiger partial charge >= 0.3 is 6.18 Å². The van der Waals surface area contributed by atoms with Crippen LogP contribution in [0.25, 0.3) is 0 Å². The summed E-state index contributed by atoms with van der Waals surface area (Å²) in [5, 5.41) is 15.0. The van der Waals surface area contributed by atoms with E-state index in [1.165, 1.54) is 0 Å². The number of nitrogens with zero attached hydrogens (tertiary/aromatic N) is 2. The number of halogens is 4. The quantitative estimate of drug-likeness (QED) is 0.647. The fourth-order valence-electron chi connectivity index (χ4n) is 2.02. The lowest BCUT2D eigenvalue weighted by molar-refractivity contribution is -0.141. The van der Waals surface area contributed by atoms with Gasteiger partial charge in [0.2, 0.25) is 5.95 Å². The third kappa shape index (κ3) is 5.57. The fourth-order valence-corrected chi connectivity index (χ4v) is 2.42. The predicted octanol–water partition coefficient (Wildman–Crippen LogP) is 4.43. The zero-order valence-corrected chi connectivity index (χ0v) is 15.2. The molecule has 0 radical (unpaired) electrons. The van der Waals surface area contributed by atoms with E-state index < -0.39 is 17.9 Å². The van der Waals surface area contributed by atoms with E-state index in [1.54, 1.807) is 24.3 Å². The average molecular weight is 419 g/mol. The van der Waals surface area contributed by atoms with Crippen molar-refractivity contribution >= 4 is 33.4 Å². The van der Waals surface area contributed by atoms with Crippen LogP contribution in [0.2, 0.25) is 0 Å². The number of rotatable bonds is 6. The van der Waals surface area contributed by atoms with Gasteiger partial charge in [0.15, 0.2) is 5.69 Å². The summed E-state index contributed by atoms with van der Waals surface area (Å²) < 4.78 is 40.2. The molecule has 0 aliphatic rings. The van der Waals surface area contributed by atoms with E-state index in [1.807, 2.05) is 13.8 Å². The van der Waals surface area contributed by atoms with Gasteiger partial charge in [0.1, 0.15) is 5.82 Å². The molecule has 25 heavy (non-hydrogen) atoms. The number of nitrogens with one attached hydrogen (secondary N) is 2. The number of benzene rings is 1. The smallest absolute Gasteiger partial charge is 0.394 e. The molecule has 0 amide bonds. The Balaban J connectivity index is 2.36. The van der Waals surface area contributed by atoms with Gasteiger partial charge in [-0.1, -0.05) is 35.8 Å². The number of aliphatic hydroxyl groups excluding tert-OH is 1. The van der Waals surface area contributed by atoms with E-state index in [2.05, 4.69) is 36.5 Å². The van der Waals surface area contributed by atoms with Crippen molar-refractivity contribution in [3.05, 3.63) is 40.5 Å². The van der Waals surface area contributed by atoms with Crippen LogP contribution < -0.4 is 10.6 Å². The van der Waals surface area contributed by atoms with Gasteiger partial charge in [0.05, 0.1) is 12.6 Å². The molecule has 9 heteroatoms. The molecule has 1 heterocycles. The molecular weight excluding hydrogens is 401 g/mol. The molecule has 5 nitrogen and oxygen atoms in total. The van der Waals surface area contributed by atoms with Gasteiger partial charge in [-0.2, -0.15) is 18.2 Å². The highest BCUT2D eigenvalue weighted by atomic mass is 79.9. The van der Waals surface area contributed by atoms with Gasteiger partial charge in [0, 0.05) is 16.2 Å². The summed E-state index contributed by atoms with van der Waals surface area (Å²) in [5.74, 6) is -0.201. The van der Waals surface area contributed by atoms with Gasteiger partial charge in [0.25, 0.3) is 0 Å². The molecule has 136 valence electrons. The lowest BCUT2D eigenvalue weighted by Gasteiger charge is -2.21. The van der Waals surface area contributed by atoms with Crippen LogP contribution in [0.4, 0.5) is 30.6 Å². The van der Waals surface area contributed by atoms with Crippen molar-refractivity contribution in [2.75, 3.05) is 17.2 Å². The molecule has 0 unspecified atom stereocenters. The van der Waals surface area contributed by atoms with Crippen molar-refractivity contribution in [1.82, 2.24) is 9.97 Å². The van der Waals surface area contributed by atoms with Crippen LogP contribution >= 0.6 is 15.9 Å². The predicted molar refractivity (Wildman–Crippen MR) is 93.8 cm³/mol. The Hall–Kier alpha value is -1.87. The number of hydrogen-bond donors (Lipinski definition) is 3. The van der Waals surface area contributed by atoms with E-state index in [4.69, 9.17) is 0 Å². The van der Waals surface area contributed by atoms with Crippen LogP contribution in [0.15, 0.2) is 34.8 Å². The molecule has 0 bridgehead atoms. The Morgan fingerprint density at radius 1 is 1.20 bits per heavy atom. The van der Waals surface area contributed by atoms with Crippen LogP contribution in [0.3, 0.4) is 0 Å². The molecule has 0 saturated heterocycles. The van der Waals surface area contributed by atoms with E-state index in [0.29, 0.717) is 5.69 Å². The molecular formula is C16H18BrF3N4O. The molecule has 0 fully saturated rings. The van der Waals surface area contributed by atoms with E-state index in [0.717, 1.165) is 10.5 Å². The van der Waals surface area contributed by atoms with Crippen molar-refractivity contribution < 1.29 is 18.3 Å². The van der Waals surface area contributed by atoms with Gasteiger partial charge in [-0.25, -0.2) is 4.98 Å². The largest absolute Gasteiger partial charge is 0.433 e. The first kappa shape index (κ1) is 19.5. The van der Waals surface area contributed by atoms with Crippen molar-refractivity contribution in [3.63, 3.8) is 0 Å². The molecule has 1 atom stereocenters. The van der Waals surface area contributed by atoms with Crippen molar-refractivity contribution in [2.24, 2.45) is 5.92 Å². The van der Waals surface area contributed by atoms with Gasteiger partial charge in [-0.15, -0.1) is 0 Å². The Morgan fingerprint density at radius 2 is 1.92 bits per heavy atom. The summed E-state index contributed by atoms with van der Waals surface area (Å²) in [6.45, 7) is 3.43. The molecule has 0 aliphatic carbocycles. The summed E-state index contributed by atoms with van der Waals surface area (Å²) >= 11 is 3.30. The Labute approximate surface area is 151 Å². The molecule has 2 aromatic rings. The highest BCUT2D eigenvalue weighted by molar-refractivity contribution is 9.10. The summed E-state index contributed by atoms with van der Waals surface area (Å²) in [5.41, 5.74) is -0.488. The average Bonchev–Trinajstić information content (AvgIpc) is 2.51. The van der Waals surface area contributed by atoms with E-state index >= 15 is 0 Å². The Morgan fingerprint density at radius 3 is 2.48 bits per heavy atom.